The Morgan fingerprint density at radius 2 is 2.22 bits per heavy atom. The van der Waals surface area contributed by atoms with Crippen LogP contribution in [0.25, 0.3) is 0 Å². The number of carbonyl (C=O) groups is 1. The molecule has 1 atom stereocenters. The van der Waals surface area contributed by atoms with Crippen LogP contribution in [0.15, 0.2) is 18.3 Å². The van der Waals surface area contributed by atoms with Crippen molar-refractivity contribution in [3.8, 4) is 0 Å². The molecule has 0 N–H and O–H groups in total. The van der Waals surface area contributed by atoms with E-state index < -0.39 is 0 Å². The van der Waals surface area contributed by atoms with Crippen molar-refractivity contribution in [2.24, 2.45) is 0 Å². The Hall–Kier alpha value is -1.69. The highest BCUT2D eigenvalue weighted by Gasteiger charge is 2.26. The largest absolute Gasteiger partial charge is 0.378 e. The lowest BCUT2D eigenvalue weighted by atomic mass is 10.0. The molecule has 2 aliphatic heterocycles. The van der Waals surface area contributed by atoms with Gasteiger partial charge in [0.05, 0.1) is 6.10 Å². The highest BCUT2D eigenvalue weighted by molar-refractivity contribution is 5.76. The minimum Gasteiger partial charge on any atom is -0.378 e. The van der Waals surface area contributed by atoms with Gasteiger partial charge in [0.2, 0.25) is 5.91 Å². The summed E-state index contributed by atoms with van der Waals surface area (Å²) in [4.78, 5) is 16.5. The molecule has 0 aliphatic carbocycles. The molecule has 2 fully saturated rings. The molecule has 3 rings (SSSR count). The number of hydrogen-bond donors (Lipinski definition) is 0. The van der Waals surface area contributed by atoms with Crippen molar-refractivity contribution in [3.63, 3.8) is 0 Å². The molecule has 0 radical (unpaired) electrons. The second kappa shape index (κ2) is 7.73. The average Bonchev–Trinajstić information content (AvgIpc) is 3.13. The number of amides is 1. The quantitative estimate of drug-likeness (QED) is 0.829. The third-order valence-corrected chi connectivity index (χ3v) is 4.99. The predicted octanol–water partition coefficient (Wildman–Crippen LogP) is 1.86. The van der Waals surface area contributed by atoms with Crippen LogP contribution in [0.3, 0.4) is 0 Å². The summed E-state index contributed by atoms with van der Waals surface area (Å²) in [6.45, 7) is 2.53. The van der Waals surface area contributed by atoms with Gasteiger partial charge in [-0.15, -0.1) is 5.10 Å². The molecule has 0 aromatic carbocycles. The Morgan fingerprint density at radius 1 is 1.39 bits per heavy atom. The molecule has 1 aromatic heterocycles. The summed E-state index contributed by atoms with van der Waals surface area (Å²) in [7, 11) is 2.06. The first-order valence-corrected chi connectivity index (χ1v) is 8.64. The fourth-order valence-electron chi connectivity index (χ4n) is 3.49. The highest BCUT2D eigenvalue weighted by atomic mass is 16.5. The first kappa shape index (κ1) is 16.2. The topological polar surface area (TPSA) is 58.6 Å². The predicted molar refractivity (Wildman–Crippen MR) is 88.2 cm³/mol. The van der Waals surface area contributed by atoms with Crippen LogP contribution in [0.4, 0.5) is 5.82 Å². The first-order chi connectivity index (χ1) is 11.2. The maximum atomic E-state index is 12.3. The Balaban J connectivity index is 1.43. The monoisotopic (exact) mass is 318 g/mol. The van der Waals surface area contributed by atoms with Crippen molar-refractivity contribution in [2.75, 3.05) is 31.6 Å². The van der Waals surface area contributed by atoms with E-state index in [1.807, 2.05) is 17.0 Å². The van der Waals surface area contributed by atoms with Gasteiger partial charge < -0.3 is 14.5 Å². The lowest BCUT2D eigenvalue weighted by molar-refractivity contribution is -0.132. The lowest BCUT2D eigenvalue weighted by Gasteiger charge is -2.37. The van der Waals surface area contributed by atoms with E-state index in [1.54, 1.807) is 6.20 Å². The molecular weight excluding hydrogens is 292 g/mol. The lowest BCUT2D eigenvalue weighted by Crippen LogP contribution is -2.46. The van der Waals surface area contributed by atoms with Crippen molar-refractivity contribution in [1.82, 2.24) is 15.1 Å². The molecule has 2 aliphatic rings. The number of nitrogens with zero attached hydrogens (tertiary/aromatic N) is 4. The Morgan fingerprint density at radius 3 is 2.87 bits per heavy atom. The summed E-state index contributed by atoms with van der Waals surface area (Å²) in [6, 6.07) is 4.31. The van der Waals surface area contributed by atoms with Gasteiger partial charge in [0.1, 0.15) is 0 Å². The molecule has 23 heavy (non-hydrogen) atoms. The van der Waals surface area contributed by atoms with Crippen LogP contribution in [0.5, 0.6) is 0 Å². The van der Waals surface area contributed by atoms with Crippen molar-refractivity contribution < 1.29 is 9.53 Å². The number of ether oxygens (including phenoxy) is 1. The smallest absolute Gasteiger partial charge is 0.222 e. The molecular formula is C17H26N4O2. The van der Waals surface area contributed by atoms with Crippen molar-refractivity contribution in [3.05, 3.63) is 18.3 Å². The van der Waals surface area contributed by atoms with E-state index in [0.717, 1.165) is 57.6 Å². The van der Waals surface area contributed by atoms with Gasteiger partial charge in [0.15, 0.2) is 5.82 Å². The van der Waals surface area contributed by atoms with Crippen LogP contribution in [0, 0.1) is 0 Å². The maximum Gasteiger partial charge on any atom is 0.222 e. The van der Waals surface area contributed by atoms with Crippen molar-refractivity contribution >= 4 is 11.7 Å². The van der Waals surface area contributed by atoms with E-state index in [4.69, 9.17) is 4.74 Å². The second-order valence-corrected chi connectivity index (χ2v) is 6.48. The number of anilines is 1. The molecule has 126 valence electrons. The maximum absolute atomic E-state index is 12.3. The summed E-state index contributed by atoms with van der Waals surface area (Å²) < 4.78 is 5.60. The van der Waals surface area contributed by atoms with Crippen molar-refractivity contribution in [2.45, 2.75) is 50.7 Å². The van der Waals surface area contributed by atoms with Crippen LogP contribution in [-0.4, -0.2) is 59.9 Å². The van der Waals surface area contributed by atoms with Gasteiger partial charge in [-0.1, -0.05) is 0 Å². The zero-order chi connectivity index (χ0) is 16.1. The number of piperidine rings is 1. The van der Waals surface area contributed by atoms with E-state index in [-0.39, 0.29) is 5.91 Å². The van der Waals surface area contributed by atoms with Gasteiger partial charge in [0.25, 0.3) is 0 Å². The van der Waals surface area contributed by atoms with Crippen LogP contribution in [0.2, 0.25) is 0 Å². The number of likely N-dealkylation sites (tertiary alicyclic amines) is 1. The first-order valence-electron chi connectivity index (χ1n) is 8.64. The van der Waals surface area contributed by atoms with Gasteiger partial charge in [-0.05, 0) is 44.2 Å². The molecule has 1 aromatic rings. The standard InChI is InChI=1S/C17H26N4O2/c1-20(16-5-2-10-18-19-16)14-8-11-21(12-9-14)17(22)7-6-15-4-3-13-23-15/h2,5,10,14-15H,3-4,6-9,11-13H2,1H3/t15-/m0/s1. The van der Waals surface area contributed by atoms with E-state index in [0.29, 0.717) is 18.6 Å². The molecule has 3 heterocycles. The minimum absolute atomic E-state index is 0.279. The SMILES string of the molecule is CN(c1cccnn1)C1CCN(C(=O)CC[C@@H]2CCCO2)CC1. The van der Waals surface area contributed by atoms with Crippen molar-refractivity contribution in [1.29, 1.82) is 0 Å². The molecule has 0 spiro atoms. The van der Waals surface area contributed by atoms with E-state index in [9.17, 15) is 4.79 Å². The highest BCUT2D eigenvalue weighted by Crippen LogP contribution is 2.22. The summed E-state index contributed by atoms with van der Waals surface area (Å²) >= 11 is 0. The average molecular weight is 318 g/mol. The molecule has 0 bridgehead atoms. The van der Waals surface area contributed by atoms with Crippen LogP contribution in [-0.2, 0) is 9.53 Å². The molecule has 2 saturated heterocycles. The van der Waals surface area contributed by atoms with Gasteiger partial charge in [-0.2, -0.15) is 5.10 Å². The summed E-state index contributed by atoms with van der Waals surface area (Å²) in [5, 5.41) is 8.10. The number of aromatic nitrogens is 2. The number of hydrogen-bond acceptors (Lipinski definition) is 5. The third kappa shape index (κ3) is 4.19. The van der Waals surface area contributed by atoms with Gasteiger partial charge in [0, 0.05) is 45.4 Å². The van der Waals surface area contributed by atoms with E-state index in [2.05, 4.69) is 22.1 Å². The number of rotatable bonds is 5. The molecule has 1 amide bonds. The van der Waals surface area contributed by atoms with Crippen LogP contribution < -0.4 is 4.90 Å². The minimum atomic E-state index is 0.279. The zero-order valence-corrected chi connectivity index (χ0v) is 13.9. The molecule has 0 saturated carbocycles. The summed E-state index contributed by atoms with van der Waals surface area (Å²) in [6.07, 6.45) is 7.70. The summed E-state index contributed by atoms with van der Waals surface area (Å²) in [5.41, 5.74) is 0. The molecule has 6 heteroatoms. The fraction of sp³-hybridized carbons (Fsp3) is 0.706. The van der Waals surface area contributed by atoms with Gasteiger partial charge in [-0.3, -0.25) is 4.79 Å². The molecule has 0 unspecified atom stereocenters. The Labute approximate surface area is 137 Å². The van der Waals surface area contributed by atoms with Gasteiger partial charge in [-0.25, -0.2) is 0 Å². The van der Waals surface area contributed by atoms with Crippen LogP contribution in [0.1, 0.15) is 38.5 Å². The normalized spacial score (nSPS) is 22.3. The fourth-order valence-corrected chi connectivity index (χ4v) is 3.49. The van der Waals surface area contributed by atoms with Crippen LogP contribution >= 0.6 is 0 Å². The Bertz CT molecular complexity index is 497. The Kier molecular flexibility index (Phi) is 5.43. The summed E-state index contributed by atoms with van der Waals surface area (Å²) in [5.74, 6) is 1.18. The van der Waals surface area contributed by atoms with Gasteiger partial charge >= 0.3 is 0 Å². The number of carbonyl (C=O) groups excluding carboxylic acids is 1. The van der Waals surface area contributed by atoms with E-state index in [1.165, 1.54) is 0 Å². The van der Waals surface area contributed by atoms with E-state index >= 15 is 0 Å². The third-order valence-electron chi connectivity index (χ3n) is 4.99. The second-order valence-electron chi connectivity index (χ2n) is 6.48. The molecule has 6 nitrogen and oxygen atoms in total. The zero-order valence-electron chi connectivity index (χ0n) is 13.9.